The summed E-state index contributed by atoms with van der Waals surface area (Å²) in [7, 11) is -2.30. The van der Waals surface area contributed by atoms with E-state index in [-0.39, 0.29) is 23.2 Å². The third-order valence-corrected chi connectivity index (χ3v) is 5.70. The Morgan fingerprint density at radius 3 is 2.67 bits per heavy atom. The van der Waals surface area contributed by atoms with Gasteiger partial charge < -0.3 is 10.5 Å². The fraction of sp³-hybridized carbons (Fsp3) is 0.538. The van der Waals surface area contributed by atoms with Crippen LogP contribution in [0.15, 0.2) is 17.0 Å². The van der Waals surface area contributed by atoms with Gasteiger partial charge in [0, 0.05) is 28.9 Å². The van der Waals surface area contributed by atoms with Crippen molar-refractivity contribution in [3.05, 3.63) is 22.7 Å². The fourth-order valence-electron chi connectivity index (χ4n) is 1.86. The van der Waals surface area contributed by atoms with Crippen LogP contribution in [0.5, 0.6) is 5.75 Å². The van der Waals surface area contributed by atoms with Gasteiger partial charge in [0.1, 0.15) is 10.6 Å². The van der Waals surface area contributed by atoms with Gasteiger partial charge in [-0.1, -0.05) is 18.5 Å². The predicted octanol–water partition coefficient (Wildman–Crippen LogP) is 2.23. The van der Waals surface area contributed by atoms with Gasteiger partial charge in [0.15, 0.2) is 0 Å². The maximum Gasteiger partial charge on any atom is 0.244 e. The first-order valence-electron chi connectivity index (χ1n) is 6.52. The van der Waals surface area contributed by atoms with E-state index in [0.29, 0.717) is 16.3 Å². The smallest absolute Gasteiger partial charge is 0.244 e. The maximum atomic E-state index is 12.5. The maximum absolute atomic E-state index is 12.5. The highest BCUT2D eigenvalue weighted by molar-refractivity contribution is 7.99. The van der Waals surface area contributed by atoms with E-state index in [2.05, 4.69) is 4.72 Å². The van der Waals surface area contributed by atoms with Crippen molar-refractivity contribution in [2.24, 2.45) is 5.73 Å². The van der Waals surface area contributed by atoms with Crippen molar-refractivity contribution in [1.82, 2.24) is 4.72 Å². The van der Waals surface area contributed by atoms with Crippen LogP contribution in [0.25, 0.3) is 0 Å². The fourth-order valence-corrected chi connectivity index (χ4v) is 4.43. The molecule has 0 bridgehead atoms. The highest BCUT2D eigenvalue weighted by Crippen LogP contribution is 2.31. The molecule has 1 unspecified atom stereocenters. The summed E-state index contributed by atoms with van der Waals surface area (Å²) in [4.78, 5) is 0.0197. The van der Waals surface area contributed by atoms with Gasteiger partial charge in [-0.25, -0.2) is 13.1 Å². The third-order valence-electron chi connectivity index (χ3n) is 2.74. The first kappa shape index (κ1) is 18.6. The lowest BCUT2D eigenvalue weighted by molar-refractivity contribution is 0.397. The molecule has 0 aliphatic heterocycles. The van der Waals surface area contributed by atoms with Crippen LogP contribution in [-0.2, 0) is 16.6 Å². The topological polar surface area (TPSA) is 81.4 Å². The lowest BCUT2D eigenvalue weighted by Gasteiger charge is -2.17. The Hall–Kier alpha value is -0.470. The standard InChI is InChI=1S/C13H21ClN2O3S2/c1-4-20-8-9(2)16-21(17,18)12-6-11(14)5-10(7-15)13(12)19-3/h5-6,9,16H,4,7-8,15H2,1-3H3. The van der Waals surface area contributed by atoms with E-state index in [4.69, 9.17) is 22.1 Å². The average Bonchev–Trinajstić information content (AvgIpc) is 2.43. The molecule has 120 valence electrons. The number of nitrogens with one attached hydrogen (secondary N) is 1. The van der Waals surface area contributed by atoms with Gasteiger partial charge in [0.25, 0.3) is 0 Å². The highest BCUT2D eigenvalue weighted by atomic mass is 35.5. The summed E-state index contributed by atoms with van der Waals surface area (Å²) in [5, 5.41) is 0.312. The van der Waals surface area contributed by atoms with E-state index < -0.39 is 10.0 Å². The Morgan fingerprint density at radius 1 is 1.48 bits per heavy atom. The summed E-state index contributed by atoms with van der Waals surface area (Å²) in [5.74, 6) is 1.87. The molecular formula is C13H21ClN2O3S2. The second-order valence-corrected chi connectivity index (χ2v) is 7.92. The van der Waals surface area contributed by atoms with Crippen molar-refractivity contribution >= 4 is 33.4 Å². The SMILES string of the molecule is CCSCC(C)NS(=O)(=O)c1cc(Cl)cc(CN)c1OC. The zero-order chi connectivity index (χ0) is 16.0. The van der Waals surface area contributed by atoms with E-state index in [0.717, 1.165) is 5.75 Å². The van der Waals surface area contributed by atoms with Crippen LogP contribution in [0, 0.1) is 0 Å². The quantitative estimate of drug-likeness (QED) is 0.749. The second-order valence-electron chi connectivity index (χ2n) is 4.48. The molecule has 1 aromatic carbocycles. The lowest BCUT2D eigenvalue weighted by atomic mass is 10.2. The summed E-state index contributed by atoms with van der Waals surface area (Å²) >= 11 is 7.65. The number of methoxy groups -OCH3 is 1. The normalized spacial score (nSPS) is 13.2. The van der Waals surface area contributed by atoms with Crippen LogP contribution >= 0.6 is 23.4 Å². The Bertz CT molecular complexity index is 579. The molecule has 3 N–H and O–H groups in total. The van der Waals surface area contributed by atoms with E-state index in [9.17, 15) is 8.42 Å². The molecule has 5 nitrogen and oxygen atoms in total. The molecule has 0 aromatic heterocycles. The van der Waals surface area contributed by atoms with Crippen LogP contribution in [0.4, 0.5) is 0 Å². The van der Waals surface area contributed by atoms with Gasteiger partial charge in [-0.05, 0) is 24.8 Å². The van der Waals surface area contributed by atoms with Crippen molar-refractivity contribution < 1.29 is 13.2 Å². The number of nitrogens with two attached hydrogens (primary N) is 1. The Balaban J connectivity index is 3.15. The van der Waals surface area contributed by atoms with E-state index in [1.54, 1.807) is 17.8 Å². The van der Waals surface area contributed by atoms with Crippen LogP contribution in [0.3, 0.4) is 0 Å². The first-order chi connectivity index (χ1) is 9.85. The molecule has 21 heavy (non-hydrogen) atoms. The van der Waals surface area contributed by atoms with Crippen molar-refractivity contribution in [2.45, 2.75) is 31.3 Å². The minimum Gasteiger partial charge on any atom is -0.495 e. The molecular weight excluding hydrogens is 332 g/mol. The van der Waals surface area contributed by atoms with Gasteiger partial charge in [-0.2, -0.15) is 11.8 Å². The van der Waals surface area contributed by atoms with Gasteiger partial charge in [-0.15, -0.1) is 0 Å². The number of halogens is 1. The second kappa shape index (κ2) is 8.24. The molecule has 1 rings (SSSR count). The molecule has 0 radical (unpaired) electrons. The Morgan fingerprint density at radius 2 is 2.14 bits per heavy atom. The summed E-state index contributed by atoms with van der Waals surface area (Å²) < 4.78 is 32.9. The summed E-state index contributed by atoms with van der Waals surface area (Å²) in [6.45, 7) is 3.99. The minimum absolute atomic E-state index is 0.0197. The van der Waals surface area contributed by atoms with Gasteiger partial charge >= 0.3 is 0 Å². The van der Waals surface area contributed by atoms with Crippen LogP contribution in [-0.4, -0.2) is 33.1 Å². The monoisotopic (exact) mass is 352 g/mol. The van der Waals surface area contributed by atoms with E-state index >= 15 is 0 Å². The molecule has 0 aliphatic carbocycles. The molecule has 0 amide bonds. The van der Waals surface area contributed by atoms with Crippen molar-refractivity contribution in [3.63, 3.8) is 0 Å². The number of ether oxygens (including phenoxy) is 1. The zero-order valence-corrected chi connectivity index (χ0v) is 14.7. The van der Waals surface area contributed by atoms with Gasteiger partial charge in [0.05, 0.1) is 7.11 Å². The molecule has 0 saturated heterocycles. The van der Waals surface area contributed by atoms with Crippen LogP contribution in [0.1, 0.15) is 19.4 Å². The summed E-state index contributed by atoms with van der Waals surface area (Å²) in [6.07, 6.45) is 0. The van der Waals surface area contributed by atoms with Gasteiger partial charge in [-0.3, -0.25) is 0 Å². The number of benzene rings is 1. The van der Waals surface area contributed by atoms with Crippen molar-refractivity contribution in [2.75, 3.05) is 18.6 Å². The molecule has 1 atom stereocenters. The molecule has 0 fully saturated rings. The molecule has 0 saturated carbocycles. The zero-order valence-electron chi connectivity index (χ0n) is 12.3. The molecule has 0 aliphatic rings. The Labute approximate surface area is 135 Å². The summed E-state index contributed by atoms with van der Waals surface area (Å²) in [5.41, 5.74) is 6.17. The predicted molar refractivity (Wildman–Crippen MR) is 88.7 cm³/mol. The van der Waals surface area contributed by atoms with E-state index in [1.165, 1.54) is 13.2 Å². The van der Waals surface area contributed by atoms with Crippen LogP contribution < -0.4 is 15.2 Å². The van der Waals surface area contributed by atoms with Gasteiger partial charge in [0.2, 0.25) is 10.0 Å². The molecule has 0 heterocycles. The minimum atomic E-state index is -3.72. The first-order valence-corrected chi connectivity index (χ1v) is 9.53. The number of hydrogen-bond acceptors (Lipinski definition) is 5. The number of sulfonamides is 1. The van der Waals surface area contributed by atoms with Crippen molar-refractivity contribution in [3.8, 4) is 5.75 Å². The molecule has 8 heteroatoms. The average molecular weight is 353 g/mol. The third kappa shape index (κ3) is 5.03. The molecule has 1 aromatic rings. The number of rotatable bonds is 8. The lowest BCUT2D eigenvalue weighted by Crippen LogP contribution is -2.34. The Kier molecular flexibility index (Phi) is 7.29. The molecule has 0 spiro atoms. The summed E-state index contributed by atoms with van der Waals surface area (Å²) in [6, 6.07) is 2.79. The van der Waals surface area contributed by atoms with Crippen molar-refractivity contribution in [1.29, 1.82) is 0 Å². The number of hydrogen-bond donors (Lipinski definition) is 2. The highest BCUT2D eigenvalue weighted by Gasteiger charge is 2.24. The largest absolute Gasteiger partial charge is 0.495 e. The van der Waals surface area contributed by atoms with E-state index in [1.807, 2.05) is 13.8 Å². The van der Waals surface area contributed by atoms with Crippen LogP contribution in [0.2, 0.25) is 5.02 Å². The number of thioether (sulfide) groups is 1.